The van der Waals surface area contributed by atoms with E-state index in [2.05, 4.69) is 30.3 Å². The zero-order valence-electron chi connectivity index (χ0n) is 11.8. The molecule has 1 aliphatic carbocycles. The normalized spacial score (nSPS) is 16.8. The minimum Gasteiger partial charge on any atom is -0.320 e. The summed E-state index contributed by atoms with van der Waals surface area (Å²) >= 11 is 6.18. The van der Waals surface area contributed by atoms with Crippen molar-refractivity contribution in [3.05, 3.63) is 69.7 Å². The molecule has 0 aliphatic heterocycles. The van der Waals surface area contributed by atoms with Crippen molar-refractivity contribution in [1.29, 1.82) is 0 Å². The van der Waals surface area contributed by atoms with E-state index in [1.807, 2.05) is 19.1 Å². The molecule has 104 valence electrons. The highest BCUT2D eigenvalue weighted by molar-refractivity contribution is 6.31. The van der Waals surface area contributed by atoms with E-state index < -0.39 is 0 Å². The monoisotopic (exact) mass is 285 g/mol. The van der Waals surface area contributed by atoms with Gasteiger partial charge in [-0.2, -0.15) is 0 Å². The lowest BCUT2D eigenvalue weighted by Crippen LogP contribution is -2.14. The molecule has 0 saturated heterocycles. The first-order chi connectivity index (χ1) is 9.66. The lowest BCUT2D eigenvalue weighted by molar-refractivity contribution is 0.419. The van der Waals surface area contributed by atoms with Crippen LogP contribution in [0.2, 0.25) is 5.02 Å². The first-order valence-corrected chi connectivity index (χ1v) is 7.65. The Bertz CT molecular complexity index is 599. The molecule has 0 amide bonds. The Morgan fingerprint density at radius 2 is 1.80 bits per heavy atom. The van der Waals surface area contributed by atoms with Gasteiger partial charge in [0.15, 0.2) is 0 Å². The van der Waals surface area contributed by atoms with Gasteiger partial charge in [-0.05, 0) is 54.0 Å². The predicted molar refractivity (Wildman–Crippen MR) is 85.3 cm³/mol. The van der Waals surface area contributed by atoms with Crippen molar-refractivity contribution in [3.63, 3.8) is 0 Å². The molecule has 0 spiro atoms. The Morgan fingerprint density at radius 3 is 2.40 bits per heavy atom. The first kappa shape index (κ1) is 13.7. The van der Waals surface area contributed by atoms with Gasteiger partial charge in [-0.25, -0.2) is 0 Å². The molecule has 1 nitrogen and oxygen atoms in total. The van der Waals surface area contributed by atoms with Crippen molar-refractivity contribution in [2.24, 2.45) is 5.73 Å². The molecule has 1 atom stereocenters. The van der Waals surface area contributed by atoms with E-state index in [4.69, 9.17) is 17.3 Å². The first-order valence-electron chi connectivity index (χ1n) is 7.27. The van der Waals surface area contributed by atoms with Gasteiger partial charge in [-0.3, -0.25) is 0 Å². The summed E-state index contributed by atoms with van der Waals surface area (Å²) in [4.78, 5) is 0. The molecule has 1 aliphatic rings. The van der Waals surface area contributed by atoms with Gasteiger partial charge in [-0.1, -0.05) is 54.4 Å². The quantitative estimate of drug-likeness (QED) is 0.847. The molecule has 1 fully saturated rings. The van der Waals surface area contributed by atoms with E-state index in [0.29, 0.717) is 0 Å². The van der Waals surface area contributed by atoms with Gasteiger partial charge in [0.25, 0.3) is 0 Å². The maximum atomic E-state index is 6.40. The highest BCUT2D eigenvalue weighted by Gasteiger charge is 2.20. The van der Waals surface area contributed by atoms with Gasteiger partial charge in [0, 0.05) is 5.02 Å². The third kappa shape index (κ3) is 2.48. The van der Waals surface area contributed by atoms with Crippen molar-refractivity contribution in [1.82, 2.24) is 0 Å². The molecular formula is C18H20ClN. The van der Waals surface area contributed by atoms with Gasteiger partial charge < -0.3 is 5.73 Å². The lowest BCUT2D eigenvalue weighted by Gasteiger charge is -2.26. The Labute approximate surface area is 125 Å². The number of hydrogen-bond acceptors (Lipinski definition) is 1. The van der Waals surface area contributed by atoms with Gasteiger partial charge in [0.2, 0.25) is 0 Å². The molecule has 20 heavy (non-hydrogen) atoms. The van der Waals surface area contributed by atoms with Crippen molar-refractivity contribution in [3.8, 4) is 0 Å². The number of benzene rings is 2. The van der Waals surface area contributed by atoms with Gasteiger partial charge in [-0.15, -0.1) is 0 Å². The fourth-order valence-electron chi connectivity index (χ4n) is 2.86. The summed E-state index contributed by atoms with van der Waals surface area (Å²) in [6.07, 6.45) is 4.03. The Balaban J connectivity index is 1.86. The van der Waals surface area contributed by atoms with Crippen LogP contribution in [-0.2, 0) is 0 Å². The molecule has 2 aromatic rings. The zero-order chi connectivity index (χ0) is 14.1. The van der Waals surface area contributed by atoms with Crippen molar-refractivity contribution in [2.45, 2.75) is 38.1 Å². The van der Waals surface area contributed by atoms with E-state index in [9.17, 15) is 0 Å². The van der Waals surface area contributed by atoms with Crippen molar-refractivity contribution >= 4 is 11.6 Å². The molecule has 2 heteroatoms. The molecule has 0 radical (unpaired) electrons. The highest BCUT2D eigenvalue weighted by atomic mass is 35.5. The fraction of sp³-hybridized carbons (Fsp3) is 0.333. The molecule has 2 aromatic carbocycles. The molecule has 1 saturated carbocycles. The van der Waals surface area contributed by atoms with Crippen LogP contribution < -0.4 is 5.73 Å². The van der Waals surface area contributed by atoms with E-state index >= 15 is 0 Å². The second-order valence-corrected chi connectivity index (χ2v) is 6.13. The number of rotatable bonds is 3. The van der Waals surface area contributed by atoms with Gasteiger partial charge in [0.1, 0.15) is 0 Å². The maximum Gasteiger partial charge on any atom is 0.0554 e. The van der Waals surface area contributed by atoms with E-state index in [1.54, 1.807) is 0 Å². The molecule has 1 unspecified atom stereocenters. The van der Waals surface area contributed by atoms with Crippen molar-refractivity contribution in [2.75, 3.05) is 0 Å². The maximum absolute atomic E-state index is 6.40. The summed E-state index contributed by atoms with van der Waals surface area (Å²) in [5.74, 6) is 0.771. The minimum atomic E-state index is -0.107. The van der Waals surface area contributed by atoms with Gasteiger partial charge in [0.05, 0.1) is 6.04 Å². The topological polar surface area (TPSA) is 26.0 Å². The summed E-state index contributed by atoms with van der Waals surface area (Å²) in [6, 6.07) is 14.6. The summed E-state index contributed by atoms with van der Waals surface area (Å²) in [7, 11) is 0. The minimum absolute atomic E-state index is 0.107. The Morgan fingerprint density at radius 1 is 1.10 bits per heavy atom. The van der Waals surface area contributed by atoms with Gasteiger partial charge >= 0.3 is 0 Å². The molecule has 0 aromatic heterocycles. The smallest absolute Gasteiger partial charge is 0.0554 e. The van der Waals surface area contributed by atoms with Crippen LogP contribution in [0.1, 0.15) is 53.5 Å². The van der Waals surface area contributed by atoms with E-state index in [-0.39, 0.29) is 6.04 Å². The number of hydrogen-bond donors (Lipinski definition) is 1. The third-order valence-corrected chi connectivity index (χ3v) is 4.93. The van der Waals surface area contributed by atoms with Crippen LogP contribution in [-0.4, -0.2) is 0 Å². The average Bonchev–Trinajstić information content (AvgIpc) is 2.40. The second kappa shape index (κ2) is 5.59. The van der Waals surface area contributed by atoms with E-state index in [0.717, 1.165) is 27.6 Å². The Hall–Kier alpha value is -1.31. The second-order valence-electron chi connectivity index (χ2n) is 5.73. The summed E-state index contributed by atoms with van der Waals surface area (Å²) in [5, 5.41) is 0.782. The van der Waals surface area contributed by atoms with E-state index in [1.165, 1.54) is 24.8 Å². The zero-order valence-corrected chi connectivity index (χ0v) is 12.5. The third-order valence-electron chi connectivity index (χ3n) is 4.52. The molecule has 2 N–H and O–H groups in total. The van der Waals surface area contributed by atoms with Crippen LogP contribution in [0.5, 0.6) is 0 Å². The van der Waals surface area contributed by atoms with Crippen molar-refractivity contribution < 1.29 is 0 Å². The van der Waals surface area contributed by atoms with Crippen LogP contribution in [0.15, 0.2) is 42.5 Å². The van der Waals surface area contributed by atoms with Crippen LogP contribution in [0.4, 0.5) is 0 Å². The summed E-state index contributed by atoms with van der Waals surface area (Å²) in [5.41, 5.74) is 11.2. The predicted octanol–water partition coefficient (Wildman–Crippen LogP) is 4.96. The molecule has 3 rings (SSSR count). The SMILES string of the molecule is Cc1c(Cl)cccc1C(N)c1ccc(C2CCC2)cc1. The number of halogens is 1. The van der Waals surface area contributed by atoms with Crippen LogP contribution in [0.3, 0.4) is 0 Å². The summed E-state index contributed by atoms with van der Waals surface area (Å²) in [6.45, 7) is 2.03. The average molecular weight is 286 g/mol. The lowest BCUT2D eigenvalue weighted by atomic mass is 9.79. The fourth-order valence-corrected chi connectivity index (χ4v) is 3.04. The largest absolute Gasteiger partial charge is 0.320 e. The number of nitrogens with two attached hydrogens (primary N) is 1. The molecule has 0 bridgehead atoms. The highest BCUT2D eigenvalue weighted by Crippen LogP contribution is 2.37. The van der Waals surface area contributed by atoms with Crippen LogP contribution in [0.25, 0.3) is 0 Å². The van der Waals surface area contributed by atoms with Crippen LogP contribution >= 0.6 is 11.6 Å². The molecular weight excluding hydrogens is 266 g/mol. The Kier molecular flexibility index (Phi) is 3.82. The summed E-state index contributed by atoms with van der Waals surface area (Å²) < 4.78 is 0. The van der Waals surface area contributed by atoms with Crippen LogP contribution in [0, 0.1) is 6.92 Å². The standard InChI is InChI=1S/C18H20ClN/c1-12-16(6-3-7-17(12)19)18(20)15-10-8-14(9-11-15)13-4-2-5-13/h3,6-11,13,18H,2,4-5,20H2,1H3. The molecule has 0 heterocycles.